The fraction of sp³-hybridized carbons (Fsp3) is 0. The maximum absolute atomic E-state index is 6.80. The highest BCUT2D eigenvalue weighted by atomic mass is 32.1. The van der Waals surface area contributed by atoms with Crippen molar-refractivity contribution in [2.45, 2.75) is 0 Å². The summed E-state index contributed by atoms with van der Waals surface area (Å²) in [6, 6.07) is 60.4. The van der Waals surface area contributed by atoms with Gasteiger partial charge in [-0.25, -0.2) is 9.97 Å². The molecule has 260 valence electrons. The van der Waals surface area contributed by atoms with Crippen LogP contribution in [0.4, 0.5) is 0 Å². The lowest BCUT2D eigenvalue weighted by atomic mass is 10.0. The molecule has 5 aromatic heterocycles. The summed E-state index contributed by atoms with van der Waals surface area (Å²) in [5, 5.41) is 10.4. The first kappa shape index (κ1) is 30.1. The zero-order valence-corrected chi connectivity index (χ0v) is 30.6. The number of nitrogens with zero attached hydrogens (tertiary/aromatic N) is 4. The molecule has 0 amide bonds. The molecule has 0 N–H and O–H groups in total. The number of fused-ring (bicyclic) bond motifs is 14. The maximum atomic E-state index is 6.80. The number of benzene rings is 8. The summed E-state index contributed by atoms with van der Waals surface area (Å²) < 4.78 is 13.7. The van der Waals surface area contributed by atoms with E-state index < -0.39 is 0 Å². The summed E-state index contributed by atoms with van der Waals surface area (Å²) in [4.78, 5) is 11.1. The van der Waals surface area contributed by atoms with Gasteiger partial charge in [0.05, 0.1) is 38.0 Å². The Labute approximate surface area is 322 Å². The van der Waals surface area contributed by atoms with Crippen LogP contribution in [0.15, 0.2) is 174 Å². The maximum Gasteiger partial charge on any atom is 0.235 e. The summed E-state index contributed by atoms with van der Waals surface area (Å²) in [5.74, 6) is 0.631. The second-order valence-electron chi connectivity index (χ2n) is 14.5. The summed E-state index contributed by atoms with van der Waals surface area (Å²) >= 11 is 1.74. The molecule has 0 unspecified atom stereocenters. The molecule has 5 heterocycles. The van der Waals surface area contributed by atoms with E-state index in [-0.39, 0.29) is 0 Å². The van der Waals surface area contributed by atoms with E-state index in [0.717, 1.165) is 81.8 Å². The number of furan rings is 1. The Morgan fingerprint density at radius 1 is 0.464 bits per heavy atom. The summed E-state index contributed by atoms with van der Waals surface area (Å²) in [5.41, 5.74) is 10.1. The van der Waals surface area contributed by atoms with Crippen LogP contribution in [-0.2, 0) is 0 Å². The molecule has 56 heavy (non-hydrogen) atoms. The fourth-order valence-electron chi connectivity index (χ4n) is 9.12. The molecule has 13 rings (SSSR count). The van der Waals surface area contributed by atoms with Gasteiger partial charge >= 0.3 is 0 Å². The van der Waals surface area contributed by atoms with E-state index >= 15 is 0 Å². The molecule has 8 aromatic carbocycles. The number of hydrogen-bond acceptors (Lipinski definition) is 4. The Morgan fingerprint density at radius 2 is 1.11 bits per heavy atom. The number of aromatic nitrogens is 4. The molecular weight excluding hydrogens is 705 g/mol. The third kappa shape index (κ3) is 4.03. The Morgan fingerprint density at radius 3 is 1.91 bits per heavy atom. The van der Waals surface area contributed by atoms with Crippen LogP contribution >= 0.6 is 11.3 Å². The molecule has 0 aliphatic heterocycles. The van der Waals surface area contributed by atoms with Crippen molar-refractivity contribution in [2.24, 2.45) is 0 Å². The average molecular weight is 733 g/mol. The Kier molecular flexibility index (Phi) is 5.98. The first-order chi connectivity index (χ1) is 27.8. The van der Waals surface area contributed by atoms with Crippen LogP contribution in [0.5, 0.6) is 0 Å². The van der Waals surface area contributed by atoms with Crippen LogP contribution in [0, 0.1) is 0 Å². The van der Waals surface area contributed by atoms with Gasteiger partial charge in [0.2, 0.25) is 5.95 Å². The zero-order chi connectivity index (χ0) is 36.5. The molecule has 0 spiro atoms. The molecule has 6 heteroatoms. The van der Waals surface area contributed by atoms with E-state index in [1.807, 2.05) is 0 Å². The number of para-hydroxylation sites is 4. The highest BCUT2D eigenvalue weighted by Crippen LogP contribution is 2.45. The highest BCUT2D eigenvalue weighted by molar-refractivity contribution is 7.26. The van der Waals surface area contributed by atoms with Gasteiger partial charge in [0.1, 0.15) is 11.2 Å². The van der Waals surface area contributed by atoms with Gasteiger partial charge in [-0.1, -0.05) is 115 Å². The van der Waals surface area contributed by atoms with Crippen molar-refractivity contribution < 1.29 is 4.42 Å². The van der Waals surface area contributed by atoms with Crippen LogP contribution in [0.25, 0.3) is 120 Å². The molecule has 0 bridgehead atoms. The van der Waals surface area contributed by atoms with Crippen molar-refractivity contribution in [2.75, 3.05) is 0 Å². The number of hydrogen-bond donors (Lipinski definition) is 0. The van der Waals surface area contributed by atoms with Gasteiger partial charge < -0.3 is 8.98 Å². The predicted molar refractivity (Wildman–Crippen MR) is 234 cm³/mol. The lowest BCUT2D eigenvalue weighted by Crippen LogP contribution is -2.03. The SMILES string of the molecule is c1ccc(-n2c3ccccc3c3cc4c(cc32)c2ccccc2n4-c2nc(-c3cccc4c3oc3ccc5ccccc5c34)c3sc4ccccc4c3n2)cc1. The Hall–Kier alpha value is -7.28. The predicted octanol–water partition coefficient (Wildman–Crippen LogP) is 13.8. The number of thiophene rings is 1. The van der Waals surface area contributed by atoms with Gasteiger partial charge in [0, 0.05) is 53.7 Å². The fourth-order valence-corrected chi connectivity index (χ4v) is 10.3. The summed E-state index contributed by atoms with van der Waals surface area (Å²) in [6.07, 6.45) is 0. The van der Waals surface area contributed by atoms with Crippen molar-refractivity contribution >= 4 is 108 Å². The molecule has 0 fully saturated rings. The molecule has 0 radical (unpaired) electrons. The minimum Gasteiger partial charge on any atom is -0.455 e. The van der Waals surface area contributed by atoms with E-state index in [9.17, 15) is 0 Å². The van der Waals surface area contributed by atoms with Crippen molar-refractivity contribution in [3.8, 4) is 22.9 Å². The van der Waals surface area contributed by atoms with E-state index in [1.165, 1.54) is 31.8 Å². The van der Waals surface area contributed by atoms with Crippen molar-refractivity contribution in [3.63, 3.8) is 0 Å². The van der Waals surface area contributed by atoms with E-state index in [1.54, 1.807) is 11.3 Å². The van der Waals surface area contributed by atoms with Crippen molar-refractivity contribution in [1.29, 1.82) is 0 Å². The second-order valence-corrected chi connectivity index (χ2v) is 15.6. The lowest BCUT2D eigenvalue weighted by Gasteiger charge is -2.11. The zero-order valence-electron chi connectivity index (χ0n) is 29.8. The minimum atomic E-state index is 0.631. The first-order valence-corrected chi connectivity index (χ1v) is 19.6. The first-order valence-electron chi connectivity index (χ1n) is 18.8. The molecular formula is C50H28N4OS. The second kappa shape index (κ2) is 11.1. The highest BCUT2D eigenvalue weighted by Gasteiger charge is 2.24. The van der Waals surface area contributed by atoms with Crippen LogP contribution < -0.4 is 0 Å². The molecule has 0 saturated carbocycles. The van der Waals surface area contributed by atoms with E-state index in [0.29, 0.717) is 5.95 Å². The molecule has 13 aromatic rings. The van der Waals surface area contributed by atoms with Crippen LogP contribution in [0.2, 0.25) is 0 Å². The average Bonchev–Trinajstić information content (AvgIpc) is 4.00. The molecule has 0 saturated heterocycles. The van der Waals surface area contributed by atoms with Gasteiger partial charge in [-0.3, -0.25) is 4.57 Å². The topological polar surface area (TPSA) is 48.8 Å². The third-order valence-electron chi connectivity index (χ3n) is 11.5. The van der Waals surface area contributed by atoms with Gasteiger partial charge in [-0.2, -0.15) is 0 Å². The van der Waals surface area contributed by atoms with Gasteiger partial charge in [0.15, 0.2) is 0 Å². The largest absolute Gasteiger partial charge is 0.455 e. The monoisotopic (exact) mass is 732 g/mol. The third-order valence-corrected chi connectivity index (χ3v) is 12.7. The Bertz CT molecular complexity index is 3770. The van der Waals surface area contributed by atoms with Crippen molar-refractivity contribution in [3.05, 3.63) is 170 Å². The van der Waals surface area contributed by atoms with Crippen molar-refractivity contribution in [1.82, 2.24) is 19.1 Å². The molecule has 0 aliphatic rings. The van der Waals surface area contributed by atoms with Gasteiger partial charge in [-0.05, 0) is 65.4 Å². The summed E-state index contributed by atoms with van der Waals surface area (Å²) in [6.45, 7) is 0. The molecule has 5 nitrogen and oxygen atoms in total. The van der Waals surface area contributed by atoms with Gasteiger partial charge in [-0.15, -0.1) is 11.3 Å². The van der Waals surface area contributed by atoms with Gasteiger partial charge in [0.25, 0.3) is 0 Å². The van der Waals surface area contributed by atoms with E-state index in [4.69, 9.17) is 14.4 Å². The van der Waals surface area contributed by atoms with Crippen LogP contribution in [0.3, 0.4) is 0 Å². The van der Waals surface area contributed by atoms with E-state index in [2.05, 4.69) is 179 Å². The smallest absolute Gasteiger partial charge is 0.235 e. The van der Waals surface area contributed by atoms with Crippen LogP contribution in [-0.4, -0.2) is 19.1 Å². The summed E-state index contributed by atoms with van der Waals surface area (Å²) in [7, 11) is 0. The Balaban J connectivity index is 1.16. The number of rotatable bonds is 3. The standard InChI is InChI=1S/C50H28N4OS/c1-2-14-30(15-3-1)53-39-22-9-6-17-32(39)37-28-42-38(27-41(37)53)33-18-7-10-23-40(33)54(42)50-51-46-34-19-8-11-24-44(34)56-49(46)47(52-50)36-21-12-20-35-45-31-16-5-4-13-29(31)25-26-43(45)55-48(35)36/h1-28H. The van der Waals surface area contributed by atoms with Crippen LogP contribution in [0.1, 0.15) is 0 Å². The minimum absolute atomic E-state index is 0.631. The quantitative estimate of drug-likeness (QED) is 0.182. The lowest BCUT2D eigenvalue weighted by molar-refractivity contribution is 0.670. The normalized spacial score (nSPS) is 12.3. The molecule has 0 aliphatic carbocycles. The molecule has 0 atom stereocenters.